The highest BCUT2D eigenvalue weighted by atomic mass is 16.3. The Morgan fingerprint density at radius 2 is 1.71 bits per heavy atom. The first-order valence-electron chi connectivity index (χ1n) is 10.2. The van der Waals surface area contributed by atoms with Crippen molar-refractivity contribution in [1.29, 1.82) is 0 Å². The van der Waals surface area contributed by atoms with Crippen LogP contribution in [0, 0.1) is 39.9 Å². The molecule has 1 unspecified atom stereocenters. The van der Waals surface area contributed by atoms with E-state index >= 15 is 0 Å². The van der Waals surface area contributed by atoms with E-state index in [4.69, 9.17) is 0 Å². The smallest absolute Gasteiger partial charge is 0.0801 e. The van der Waals surface area contributed by atoms with Gasteiger partial charge in [-0.1, -0.05) is 20.8 Å². The maximum atomic E-state index is 10.6. The van der Waals surface area contributed by atoms with Crippen LogP contribution in [-0.4, -0.2) is 34.1 Å². The lowest BCUT2D eigenvalue weighted by molar-refractivity contribution is -0.222. The Balaban J connectivity index is 1.67. The molecule has 0 aromatic carbocycles. The second-order valence-electron chi connectivity index (χ2n) is 10.5. The normalized spacial score (nSPS) is 54.0. The first-order chi connectivity index (χ1) is 11.2. The molecule has 24 heavy (non-hydrogen) atoms. The third-order valence-corrected chi connectivity index (χ3v) is 9.46. The van der Waals surface area contributed by atoms with E-state index in [0.717, 1.165) is 25.2 Å². The summed E-state index contributed by atoms with van der Waals surface area (Å²) in [5.41, 5.74) is 0.753. The Labute approximate surface area is 146 Å². The Bertz CT molecular complexity index is 503. The summed E-state index contributed by atoms with van der Waals surface area (Å²) >= 11 is 0. The molecule has 0 aliphatic heterocycles. The van der Waals surface area contributed by atoms with Crippen LogP contribution in [0.5, 0.6) is 0 Å². The zero-order valence-corrected chi connectivity index (χ0v) is 15.7. The van der Waals surface area contributed by atoms with Crippen molar-refractivity contribution in [2.75, 3.05) is 6.61 Å². The highest BCUT2D eigenvalue weighted by molar-refractivity contribution is 5.14. The second kappa shape index (κ2) is 5.44. The number of hydrogen-bond donors (Lipinski definition) is 3. The molecular weight excluding hydrogens is 300 g/mol. The molecule has 0 aromatic heterocycles. The van der Waals surface area contributed by atoms with Gasteiger partial charge in [-0.3, -0.25) is 0 Å². The SMILES string of the molecule is CC1(C)[C@H](O)CC[C@]2(C)[C@@H]1CC[C@@]13CC[C@@H](C[C@H]12)C([C@@H](O)CO)C3. The minimum atomic E-state index is -0.525. The third-order valence-electron chi connectivity index (χ3n) is 9.46. The van der Waals surface area contributed by atoms with Crippen molar-refractivity contribution in [2.24, 2.45) is 39.9 Å². The summed E-state index contributed by atoms with van der Waals surface area (Å²) < 4.78 is 0. The van der Waals surface area contributed by atoms with E-state index < -0.39 is 6.10 Å². The third kappa shape index (κ3) is 2.13. The van der Waals surface area contributed by atoms with E-state index in [1.807, 2.05) is 0 Å². The van der Waals surface area contributed by atoms with E-state index in [1.54, 1.807) is 0 Å². The molecule has 2 bridgehead atoms. The van der Waals surface area contributed by atoms with Gasteiger partial charge in [-0.2, -0.15) is 0 Å². The van der Waals surface area contributed by atoms with Gasteiger partial charge < -0.3 is 15.3 Å². The Morgan fingerprint density at radius 1 is 1.00 bits per heavy atom. The molecule has 3 nitrogen and oxygen atoms in total. The second-order valence-corrected chi connectivity index (χ2v) is 10.5. The molecule has 0 heterocycles. The Kier molecular flexibility index (Phi) is 3.92. The quantitative estimate of drug-likeness (QED) is 0.724. The molecule has 5 aliphatic carbocycles. The van der Waals surface area contributed by atoms with Crippen molar-refractivity contribution in [3.05, 3.63) is 0 Å². The summed E-state index contributed by atoms with van der Waals surface area (Å²) in [4.78, 5) is 0. The van der Waals surface area contributed by atoms with Gasteiger partial charge in [0, 0.05) is 0 Å². The van der Waals surface area contributed by atoms with Gasteiger partial charge in [0.2, 0.25) is 0 Å². The molecule has 0 saturated heterocycles. The molecular formula is C21H36O3. The van der Waals surface area contributed by atoms with Crippen LogP contribution in [0.2, 0.25) is 0 Å². The van der Waals surface area contributed by atoms with Crippen molar-refractivity contribution in [3.8, 4) is 0 Å². The monoisotopic (exact) mass is 336 g/mol. The summed E-state index contributed by atoms with van der Waals surface area (Å²) in [5.74, 6) is 2.26. The zero-order chi connectivity index (χ0) is 17.3. The maximum absolute atomic E-state index is 10.6. The minimum Gasteiger partial charge on any atom is -0.394 e. The van der Waals surface area contributed by atoms with Crippen molar-refractivity contribution >= 4 is 0 Å². The molecule has 5 saturated carbocycles. The Morgan fingerprint density at radius 3 is 2.42 bits per heavy atom. The standard InChI is InChI=1S/C21H36O3/c1-19(2)16-5-9-21-8-4-13(14(11-21)15(23)12-22)10-17(21)20(16,3)7-6-18(19)24/h13-18,22-24H,4-12H2,1-3H3/t13-,14?,15-,16+,17-,18+,20+,21+/m0/s1. The fourth-order valence-electron chi connectivity index (χ4n) is 8.17. The molecule has 8 atom stereocenters. The van der Waals surface area contributed by atoms with Crippen LogP contribution in [0.15, 0.2) is 0 Å². The van der Waals surface area contributed by atoms with Crippen LogP contribution in [0.3, 0.4) is 0 Å². The molecule has 0 radical (unpaired) electrons. The number of aliphatic hydroxyl groups excluding tert-OH is 3. The van der Waals surface area contributed by atoms with Gasteiger partial charge >= 0.3 is 0 Å². The minimum absolute atomic E-state index is 0.0231. The van der Waals surface area contributed by atoms with Gasteiger partial charge in [-0.15, -0.1) is 0 Å². The van der Waals surface area contributed by atoms with E-state index in [-0.39, 0.29) is 18.1 Å². The molecule has 5 rings (SSSR count). The van der Waals surface area contributed by atoms with Crippen LogP contribution in [0.25, 0.3) is 0 Å². The Hall–Kier alpha value is -0.120. The van der Waals surface area contributed by atoms with Crippen LogP contribution in [0.1, 0.15) is 72.1 Å². The van der Waals surface area contributed by atoms with Gasteiger partial charge in [-0.25, -0.2) is 0 Å². The predicted molar refractivity (Wildman–Crippen MR) is 94.3 cm³/mol. The zero-order valence-electron chi connectivity index (χ0n) is 15.7. The lowest BCUT2D eigenvalue weighted by atomic mass is 9.36. The lowest BCUT2D eigenvalue weighted by Gasteiger charge is -2.69. The van der Waals surface area contributed by atoms with Gasteiger partial charge in [0.05, 0.1) is 18.8 Å². The molecule has 0 aromatic rings. The van der Waals surface area contributed by atoms with Crippen molar-refractivity contribution in [1.82, 2.24) is 0 Å². The molecule has 138 valence electrons. The van der Waals surface area contributed by atoms with Crippen LogP contribution < -0.4 is 0 Å². The maximum Gasteiger partial charge on any atom is 0.0801 e. The number of rotatable bonds is 2. The molecule has 1 spiro atoms. The molecule has 5 fully saturated rings. The molecule has 3 heteroatoms. The summed E-state index contributed by atoms with van der Waals surface area (Å²) in [7, 11) is 0. The van der Waals surface area contributed by atoms with Gasteiger partial charge in [0.1, 0.15) is 0 Å². The molecule has 5 aliphatic rings. The topological polar surface area (TPSA) is 60.7 Å². The van der Waals surface area contributed by atoms with Gasteiger partial charge in [0.25, 0.3) is 0 Å². The van der Waals surface area contributed by atoms with Gasteiger partial charge in [0.15, 0.2) is 0 Å². The summed E-state index contributed by atoms with van der Waals surface area (Å²) in [5, 5.41) is 30.4. The van der Waals surface area contributed by atoms with Gasteiger partial charge in [-0.05, 0) is 91.3 Å². The highest BCUT2D eigenvalue weighted by Crippen LogP contribution is 2.72. The van der Waals surface area contributed by atoms with Crippen LogP contribution in [0.4, 0.5) is 0 Å². The van der Waals surface area contributed by atoms with E-state index in [9.17, 15) is 15.3 Å². The largest absolute Gasteiger partial charge is 0.394 e. The van der Waals surface area contributed by atoms with Crippen LogP contribution in [-0.2, 0) is 0 Å². The number of hydrogen-bond acceptors (Lipinski definition) is 3. The van der Waals surface area contributed by atoms with Crippen molar-refractivity contribution in [2.45, 2.75) is 84.3 Å². The first kappa shape index (κ1) is 17.3. The number of aliphatic hydroxyl groups is 3. The fraction of sp³-hybridized carbons (Fsp3) is 1.00. The lowest BCUT2D eigenvalue weighted by Crippen LogP contribution is -2.63. The predicted octanol–water partition coefficient (Wildman–Crippen LogP) is 3.36. The first-order valence-corrected chi connectivity index (χ1v) is 10.2. The van der Waals surface area contributed by atoms with E-state index in [2.05, 4.69) is 20.8 Å². The average Bonchev–Trinajstić information content (AvgIpc) is 2.57. The average molecular weight is 337 g/mol. The summed E-state index contributed by atoms with van der Waals surface area (Å²) in [6.45, 7) is 7.02. The number of fused-ring (bicyclic) bond motifs is 3. The van der Waals surface area contributed by atoms with Crippen molar-refractivity contribution < 1.29 is 15.3 Å². The van der Waals surface area contributed by atoms with Crippen molar-refractivity contribution in [3.63, 3.8) is 0 Å². The van der Waals surface area contributed by atoms with Crippen LogP contribution >= 0.6 is 0 Å². The van der Waals surface area contributed by atoms with E-state index in [0.29, 0.717) is 28.6 Å². The molecule has 3 N–H and O–H groups in total. The highest BCUT2D eigenvalue weighted by Gasteiger charge is 2.65. The van der Waals surface area contributed by atoms with E-state index in [1.165, 1.54) is 32.1 Å². The summed E-state index contributed by atoms with van der Waals surface area (Å²) in [6, 6.07) is 0. The molecule has 0 amide bonds. The fourth-order valence-corrected chi connectivity index (χ4v) is 8.17. The summed E-state index contributed by atoms with van der Waals surface area (Å²) in [6.07, 6.45) is 8.83.